The molecule has 20 heavy (non-hydrogen) atoms. The molecular weight excluding hydrogens is 342 g/mol. The number of hydrogen-bond acceptors (Lipinski definition) is 6. The number of aliphatic carboxylic acids is 2. The summed E-state index contributed by atoms with van der Waals surface area (Å²) < 4.78 is 0. The maximum Gasteiger partial charge on any atom is 0.347 e. The molecule has 12 N–H and O–H groups in total. The van der Waals surface area contributed by atoms with Crippen LogP contribution < -0.4 is 0 Å². The molecule has 1 rings (SSSR count). The number of hydrogen-bond donors (Lipinski definition) is 4. The van der Waals surface area contributed by atoms with E-state index in [1.807, 2.05) is 0 Å². The summed E-state index contributed by atoms with van der Waals surface area (Å²) in [7, 11) is 0. The van der Waals surface area contributed by atoms with E-state index in [2.05, 4.69) is 0 Å². The van der Waals surface area contributed by atoms with Gasteiger partial charge in [0, 0.05) is 70.6 Å². The molecule has 1 aliphatic rings. The van der Waals surface area contributed by atoms with Gasteiger partial charge in [-0.15, -0.1) is 23.5 Å². The van der Waals surface area contributed by atoms with Crippen LogP contribution in [0.15, 0.2) is 0 Å². The third kappa shape index (κ3) is 8.75. The average molecular weight is 358 g/mol. The van der Waals surface area contributed by atoms with Crippen molar-refractivity contribution in [1.29, 1.82) is 0 Å². The van der Waals surface area contributed by atoms with Crippen LogP contribution in [0.2, 0.25) is 0 Å². The SMILES string of the molecule is O.O.O.O.O=C(O)C1(O)CSC(O)(C(=O)O)CS1.[Na].[Na]. The molecule has 2 radical (unpaired) electrons. The molecule has 114 valence electrons. The first kappa shape index (κ1) is 37.6. The molecule has 0 saturated carbocycles. The predicted molar refractivity (Wildman–Crippen MR) is 76.1 cm³/mol. The van der Waals surface area contributed by atoms with Crippen molar-refractivity contribution in [2.45, 2.75) is 9.87 Å². The number of carboxylic acids is 2. The summed E-state index contributed by atoms with van der Waals surface area (Å²) >= 11 is 1.03. The quantitative estimate of drug-likeness (QED) is 0.347. The zero-order valence-electron chi connectivity index (χ0n) is 10.8. The summed E-state index contributed by atoms with van der Waals surface area (Å²) in [6, 6.07) is 0. The van der Waals surface area contributed by atoms with Crippen LogP contribution in [0, 0.1) is 0 Å². The Morgan fingerprint density at radius 3 is 1.05 bits per heavy atom. The van der Waals surface area contributed by atoms with Gasteiger partial charge in [-0.2, -0.15) is 0 Å². The van der Waals surface area contributed by atoms with Crippen LogP contribution in [-0.2, 0) is 9.59 Å². The summed E-state index contributed by atoms with van der Waals surface area (Å²) in [5.74, 6) is -3.59. The molecule has 1 fully saturated rings. The van der Waals surface area contributed by atoms with Gasteiger partial charge in [-0.3, -0.25) is 0 Å². The Hall–Kier alpha value is 1.40. The minimum Gasteiger partial charge on any atom is -0.478 e. The first-order valence-electron chi connectivity index (χ1n) is 3.50. The van der Waals surface area contributed by atoms with Gasteiger partial charge in [0.15, 0.2) is 0 Å². The summed E-state index contributed by atoms with van der Waals surface area (Å²) in [4.78, 5) is 17.1. The fourth-order valence-corrected chi connectivity index (χ4v) is 3.15. The van der Waals surface area contributed by atoms with E-state index in [9.17, 15) is 19.8 Å². The number of thioether (sulfide) groups is 2. The molecule has 2 atom stereocenters. The van der Waals surface area contributed by atoms with Gasteiger partial charge in [0.05, 0.1) is 0 Å². The van der Waals surface area contributed by atoms with Crippen molar-refractivity contribution < 1.29 is 51.9 Å². The van der Waals surface area contributed by atoms with Crippen LogP contribution in [0.1, 0.15) is 0 Å². The molecule has 0 aromatic rings. The smallest absolute Gasteiger partial charge is 0.347 e. The summed E-state index contributed by atoms with van der Waals surface area (Å²) in [6.45, 7) is 0. The summed E-state index contributed by atoms with van der Waals surface area (Å²) in [5.41, 5.74) is 0. The van der Waals surface area contributed by atoms with Crippen molar-refractivity contribution in [1.82, 2.24) is 0 Å². The van der Waals surface area contributed by atoms with Gasteiger partial charge in [-0.05, 0) is 0 Å². The Morgan fingerprint density at radius 1 is 0.750 bits per heavy atom. The average Bonchev–Trinajstić information content (AvgIpc) is 2.10. The van der Waals surface area contributed by atoms with Crippen molar-refractivity contribution >= 4 is 94.6 Å². The van der Waals surface area contributed by atoms with Gasteiger partial charge in [0.2, 0.25) is 9.87 Å². The fraction of sp³-hybridized carbons (Fsp3) is 0.667. The second-order valence-electron chi connectivity index (χ2n) is 2.76. The topological polar surface area (TPSA) is 241 Å². The molecule has 2 unspecified atom stereocenters. The number of carbonyl (C=O) groups is 2. The molecule has 0 spiro atoms. The molecule has 0 aromatic heterocycles. The molecule has 1 saturated heterocycles. The predicted octanol–water partition coefficient (Wildman–Crippen LogP) is -5.05. The Morgan fingerprint density at radius 2 is 0.950 bits per heavy atom. The van der Waals surface area contributed by atoms with E-state index in [1.165, 1.54) is 0 Å². The Kier molecular flexibility index (Phi) is 26.3. The van der Waals surface area contributed by atoms with Gasteiger partial charge in [-0.25, -0.2) is 9.59 Å². The minimum absolute atomic E-state index is 0. The van der Waals surface area contributed by atoms with E-state index in [4.69, 9.17) is 10.2 Å². The van der Waals surface area contributed by atoms with E-state index >= 15 is 0 Å². The van der Waals surface area contributed by atoms with E-state index in [0.717, 1.165) is 0 Å². The molecule has 0 aliphatic carbocycles. The van der Waals surface area contributed by atoms with Crippen molar-refractivity contribution in [3.8, 4) is 0 Å². The molecule has 1 aliphatic heterocycles. The van der Waals surface area contributed by atoms with Crippen molar-refractivity contribution in [2.24, 2.45) is 0 Å². The van der Waals surface area contributed by atoms with E-state index in [1.54, 1.807) is 0 Å². The Bertz CT molecular complexity index is 255. The second-order valence-corrected chi connectivity index (χ2v) is 5.26. The molecular formula is C6H16Na2O10S2. The molecule has 1 heterocycles. The largest absolute Gasteiger partial charge is 0.478 e. The van der Waals surface area contributed by atoms with E-state index < -0.39 is 21.8 Å². The Labute approximate surface area is 166 Å². The van der Waals surface area contributed by atoms with Gasteiger partial charge in [-0.1, -0.05) is 0 Å². The first-order chi connectivity index (χ1) is 6.30. The first-order valence-corrected chi connectivity index (χ1v) is 5.47. The van der Waals surface area contributed by atoms with Crippen LogP contribution in [0.5, 0.6) is 0 Å². The second kappa shape index (κ2) is 14.0. The molecule has 10 nitrogen and oxygen atoms in total. The fourth-order valence-electron chi connectivity index (χ4n) is 0.765. The monoisotopic (exact) mass is 358 g/mol. The number of carboxylic acid groups (broad SMARTS) is 2. The summed E-state index contributed by atoms with van der Waals surface area (Å²) in [6.07, 6.45) is 0. The van der Waals surface area contributed by atoms with Crippen LogP contribution in [0.3, 0.4) is 0 Å². The molecule has 0 aromatic carbocycles. The minimum atomic E-state index is -2.01. The normalized spacial score (nSPS) is 26.5. The zero-order chi connectivity index (χ0) is 11.0. The van der Waals surface area contributed by atoms with Crippen molar-refractivity contribution in [2.75, 3.05) is 11.5 Å². The zero-order valence-corrected chi connectivity index (χ0v) is 16.5. The number of rotatable bonds is 2. The Balaban J connectivity index is -0.0000000817. The third-order valence-electron chi connectivity index (χ3n) is 1.68. The van der Waals surface area contributed by atoms with Crippen LogP contribution in [0.25, 0.3) is 0 Å². The van der Waals surface area contributed by atoms with Gasteiger partial charge < -0.3 is 42.3 Å². The van der Waals surface area contributed by atoms with Gasteiger partial charge in [0.1, 0.15) is 0 Å². The van der Waals surface area contributed by atoms with Gasteiger partial charge >= 0.3 is 11.9 Å². The van der Waals surface area contributed by atoms with Crippen molar-refractivity contribution in [3.05, 3.63) is 0 Å². The van der Waals surface area contributed by atoms with Crippen LogP contribution >= 0.6 is 23.5 Å². The molecule has 0 amide bonds. The molecule has 14 heteroatoms. The third-order valence-corrected chi connectivity index (χ3v) is 4.76. The standard InChI is InChI=1S/C6H8O6S2.2Na.4H2O/c7-3(8)5(11)1-13-6(12,2-14-5)4(9)10;;;;;;/h11-12H,1-2H2,(H,7,8)(H,9,10);;;4*1H2. The molecule has 0 bridgehead atoms. The van der Waals surface area contributed by atoms with E-state index in [-0.39, 0.29) is 92.5 Å². The van der Waals surface area contributed by atoms with Crippen LogP contribution in [-0.4, -0.2) is 135 Å². The number of aliphatic hydroxyl groups is 2. The van der Waals surface area contributed by atoms with E-state index in [0.29, 0.717) is 23.5 Å². The summed E-state index contributed by atoms with van der Waals surface area (Å²) in [5, 5.41) is 36.0. The maximum atomic E-state index is 10.5. The van der Waals surface area contributed by atoms with Crippen LogP contribution in [0.4, 0.5) is 0 Å². The maximum absolute atomic E-state index is 10.5. The van der Waals surface area contributed by atoms with Crippen molar-refractivity contribution in [3.63, 3.8) is 0 Å². The van der Waals surface area contributed by atoms with Gasteiger partial charge in [0.25, 0.3) is 0 Å².